The minimum atomic E-state index is 0.917. The summed E-state index contributed by atoms with van der Waals surface area (Å²) < 4.78 is 0. The van der Waals surface area contributed by atoms with Crippen molar-refractivity contribution in [3.8, 4) is 0 Å². The van der Waals surface area contributed by atoms with Crippen LogP contribution in [0.3, 0.4) is 0 Å². The first kappa shape index (κ1) is 3.06. The Labute approximate surface area is 38.6 Å². The second-order valence-corrected chi connectivity index (χ2v) is 2.70. The maximum Gasteiger partial charge on any atom is -0.0292 e. The Morgan fingerprint density at radius 2 is 1.83 bits per heavy atom. The Kier molecular flexibility index (Phi) is 0.337. The monoisotopic (exact) mass is 81.1 g/mol. The zero-order valence-electron chi connectivity index (χ0n) is 3.91. The summed E-state index contributed by atoms with van der Waals surface area (Å²) in [4.78, 5) is 0. The molecule has 0 N–H and O–H groups in total. The third-order valence-corrected chi connectivity index (χ3v) is 2.11. The molecule has 2 aliphatic rings. The van der Waals surface area contributed by atoms with Crippen LogP contribution in [0.25, 0.3) is 0 Å². The van der Waals surface area contributed by atoms with Crippen molar-refractivity contribution in [2.45, 2.75) is 25.7 Å². The zero-order chi connectivity index (χ0) is 4.04. The number of hydrogen-bond donors (Lipinski definition) is 0. The highest BCUT2D eigenvalue weighted by Gasteiger charge is 2.47. The summed E-state index contributed by atoms with van der Waals surface area (Å²) in [6, 6.07) is 0. The van der Waals surface area contributed by atoms with Gasteiger partial charge in [-0.05, 0) is 37.5 Å². The van der Waals surface area contributed by atoms with Gasteiger partial charge in [0.05, 0.1) is 0 Å². The molecular weight excluding hydrogens is 72.1 g/mol. The highest BCUT2D eigenvalue weighted by atomic mass is 14.5. The molecule has 0 bridgehead atoms. The predicted molar refractivity (Wildman–Crippen MR) is 25.2 cm³/mol. The van der Waals surface area contributed by atoms with E-state index in [0.717, 1.165) is 5.41 Å². The molecule has 6 heavy (non-hydrogen) atoms. The Morgan fingerprint density at radius 1 is 1.17 bits per heavy atom. The van der Waals surface area contributed by atoms with Crippen LogP contribution in [0.5, 0.6) is 0 Å². The fourth-order valence-corrected chi connectivity index (χ4v) is 1.14. The number of rotatable bonds is 0. The molecule has 0 amide bonds. The van der Waals surface area contributed by atoms with Crippen LogP contribution in [0.2, 0.25) is 0 Å². The van der Waals surface area contributed by atoms with Crippen LogP contribution in [0.4, 0.5) is 0 Å². The normalized spacial score (nSPS) is 36.0. The molecule has 0 unspecified atom stereocenters. The molecular formula is C6H9. The van der Waals surface area contributed by atoms with Crippen LogP contribution < -0.4 is 0 Å². The second kappa shape index (κ2) is 0.661. The highest BCUT2D eigenvalue weighted by Crippen LogP contribution is 2.59. The molecule has 2 aliphatic carbocycles. The lowest BCUT2D eigenvalue weighted by molar-refractivity contribution is 0.385. The van der Waals surface area contributed by atoms with Gasteiger partial charge in [0, 0.05) is 0 Å². The molecule has 1 spiro atoms. The minimum Gasteiger partial charge on any atom is -0.0470 e. The number of hydrogen-bond acceptors (Lipinski definition) is 0. The third kappa shape index (κ3) is 0.213. The van der Waals surface area contributed by atoms with Gasteiger partial charge in [0.1, 0.15) is 0 Å². The van der Waals surface area contributed by atoms with Crippen molar-refractivity contribution < 1.29 is 0 Å². The van der Waals surface area contributed by atoms with Crippen molar-refractivity contribution in [3.05, 3.63) is 6.42 Å². The molecule has 2 rings (SSSR count). The molecule has 2 saturated carbocycles. The van der Waals surface area contributed by atoms with E-state index in [1.807, 2.05) is 0 Å². The smallest absolute Gasteiger partial charge is 0.0292 e. The summed E-state index contributed by atoms with van der Waals surface area (Å²) in [7, 11) is 0. The molecule has 0 nitrogen and oxygen atoms in total. The van der Waals surface area contributed by atoms with E-state index in [2.05, 4.69) is 6.42 Å². The van der Waals surface area contributed by atoms with Gasteiger partial charge in [-0.3, -0.25) is 0 Å². The van der Waals surface area contributed by atoms with Gasteiger partial charge in [-0.15, -0.1) is 0 Å². The predicted octanol–water partition coefficient (Wildman–Crippen LogP) is 1.76. The quantitative estimate of drug-likeness (QED) is 0.417. The molecule has 0 aromatic rings. The Balaban J connectivity index is 2.09. The van der Waals surface area contributed by atoms with Gasteiger partial charge >= 0.3 is 0 Å². The average Bonchev–Trinajstić information content (AvgIpc) is 2.02. The first-order chi connectivity index (χ1) is 2.91. The maximum atomic E-state index is 2.40. The lowest BCUT2D eigenvalue weighted by Crippen LogP contribution is -2.11. The fraction of sp³-hybridized carbons (Fsp3) is 0.833. The molecule has 0 aromatic heterocycles. The molecule has 0 saturated heterocycles. The van der Waals surface area contributed by atoms with Crippen LogP contribution in [0.1, 0.15) is 25.7 Å². The van der Waals surface area contributed by atoms with Crippen molar-refractivity contribution in [2.24, 2.45) is 5.41 Å². The van der Waals surface area contributed by atoms with Crippen molar-refractivity contribution in [2.75, 3.05) is 0 Å². The van der Waals surface area contributed by atoms with Crippen molar-refractivity contribution in [3.63, 3.8) is 0 Å². The summed E-state index contributed by atoms with van der Waals surface area (Å²) in [5.74, 6) is 0. The zero-order valence-corrected chi connectivity index (χ0v) is 3.91. The summed E-state index contributed by atoms with van der Waals surface area (Å²) in [6.45, 7) is 0. The largest absolute Gasteiger partial charge is 0.0470 e. The maximum absolute atomic E-state index is 2.40. The van der Waals surface area contributed by atoms with Gasteiger partial charge in [0.25, 0.3) is 0 Å². The lowest BCUT2D eigenvalue weighted by atomic mass is 9.82. The van der Waals surface area contributed by atoms with E-state index in [1.54, 1.807) is 0 Å². The highest BCUT2D eigenvalue weighted by molar-refractivity contribution is 5.07. The topological polar surface area (TPSA) is 0 Å². The molecule has 0 aromatic carbocycles. The second-order valence-electron chi connectivity index (χ2n) is 2.70. The summed E-state index contributed by atoms with van der Waals surface area (Å²) in [6.07, 6.45) is 8.33. The Hall–Kier alpha value is 0. The molecule has 33 valence electrons. The van der Waals surface area contributed by atoms with E-state index in [0.29, 0.717) is 0 Å². The van der Waals surface area contributed by atoms with Crippen LogP contribution in [-0.4, -0.2) is 0 Å². The Bertz CT molecular complexity index is 64.1. The van der Waals surface area contributed by atoms with E-state index in [-0.39, 0.29) is 0 Å². The van der Waals surface area contributed by atoms with E-state index >= 15 is 0 Å². The molecule has 0 aliphatic heterocycles. The molecule has 0 heteroatoms. The lowest BCUT2D eigenvalue weighted by Gasteiger charge is -2.23. The van der Waals surface area contributed by atoms with Gasteiger partial charge in [-0.2, -0.15) is 0 Å². The first-order valence-corrected chi connectivity index (χ1v) is 2.73. The third-order valence-electron chi connectivity index (χ3n) is 2.11. The van der Waals surface area contributed by atoms with E-state index in [1.165, 1.54) is 25.7 Å². The molecule has 2 fully saturated rings. The minimum absolute atomic E-state index is 0.917. The van der Waals surface area contributed by atoms with E-state index in [9.17, 15) is 0 Å². The van der Waals surface area contributed by atoms with Gasteiger partial charge in [-0.25, -0.2) is 0 Å². The van der Waals surface area contributed by atoms with E-state index in [4.69, 9.17) is 0 Å². The summed E-state index contributed by atoms with van der Waals surface area (Å²) in [5.41, 5.74) is 0.917. The standard InChI is InChI=1S/C6H9/c1-2-6(3-1)4-5-6/h1H,2-5H2. The summed E-state index contributed by atoms with van der Waals surface area (Å²) in [5, 5.41) is 0. The average molecular weight is 81.1 g/mol. The SMILES string of the molecule is [CH]1CC2(C1)CC2. The van der Waals surface area contributed by atoms with Gasteiger partial charge in [0.2, 0.25) is 0 Å². The van der Waals surface area contributed by atoms with Gasteiger partial charge in [0.15, 0.2) is 0 Å². The van der Waals surface area contributed by atoms with Crippen LogP contribution >= 0.6 is 0 Å². The molecule has 1 radical (unpaired) electrons. The van der Waals surface area contributed by atoms with Crippen LogP contribution in [0, 0.1) is 11.8 Å². The van der Waals surface area contributed by atoms with Gasteiger partial charge < -0.3 is 0 Å². The Morgan fingerprint density at radius 3 is 1.83 bits per heavy atom. The fourth-order valence-electron chi connectivity index (χ4n) is 1.14. The molecule has 0 heterocycles. The van der Waals surface area contributed by atoms with E-state index < -0.39 is 0 Å². The van der Waals surface area contributed by atoms with Crippen LogP contribution in [0.15, 0.2) is 0 Å². The van der Waals surface area contributed by atoms with Crippen LogP contribution in [-0.2, 0) is 0 Å². The van der Waals surface area contributed by atoms with Crippen molar-refractivity contribution in [1.29, 1.82) is 0 Å². The summed E-state index contributed by atoms with van der Waals surface area (Å²) >= 11 is 0. The first-order valence-electron chi connectivity index (χ1n) is 2.73. The molecule has 0 atom stereocenters. The van der Waals surface area contributed by atoms with Crippen molar-refractivity contribution in [1.82, 2.24) is 0 Å². The van der Waals surface area contributed by atoms with Crippen molar-refractivity contribution >= 4 is 0 Å². The van der Waals surface area contributed by atoms with Gasteiger partial charge in [-0.1, -0.05) is 0 Å².